The quantitative estimate of drug-likeness (QED) is 0.595. The van der Waals surface area contributed by atoms with Gasteiger partial charge in [-0.25, -0.2) is 24.1 Å². The van der Waals surface area contributed by atoms with Crippen LogP contribution in [0.5, 0.6) is 0 Å². The van der Waals surface area contributed by atoms with E-state index >= 15 is 0 Å². The van der Waals surface area contributed by atoms with Gasteiger partial charge in [-0.05, 0) is 26.0 Å². The van der Waals surface area contributed by atoms with Gasteiger partial charge in [0, 0.05) is 29.7 Å². The molecule has 1 amide bonds. The van der Waals surface area contributed by atoms with Gasteiger partial charge in [0.1, 0.15) is 18.2 Å². The van der Waals surface area contributed by atoms with Crippen molar-refractivity contribution in [2.45, 2.75) is 20.4 Å². The molecule has 4 aromatic rings. The fraction of sp³-hybridized carbons (Fsp3) is 0.176. The molecule has 0 saturated heterocycles. The summed E-state index contributed by atoms with van der Waals surface area (Å²) in [4.78, 5) is 25.3. The van der Waals surface area contributed by atoms with Crippen molar-refractivity contribution < 1.29 is 4.79 Å². The number of aryl methyl sites for hydroxylation is 2. The van der Waals surface area contributed by atoms with Crippen LogP contribution in [0.3, 0.4) is 0 Å². The molecule has 0 radical (unpaired) electrons. The highest BCUT2D eigenvalue weighted by atomic mass is 16.1. The second kappa shape index (κ2) is 6.36. The topological polar surface area (TPSA) is 103 Å². The van der Waals surface area contributed by atoms with Crippen molar-refractivity contribution in [3.8, 4) is 5.82 Å². The van der Waals surface area contributed by atoms with Crippen LogP contribution in [0.1, 0.15) is 27.3 Å². The summed E-state index contributed by atoms with van der Waals surface area (Å²) in [5.74, 6) is 0.376. The van der Waals surface area contributed by atoms with Gasteiger partial charge in [-0.1, -0.05) is 6.07 Å². The Kier molecular flexibility index (Phi) is 3.88. The molecule has 4 heterocycles. The van der Waals surface area contributed by atoms with E-state index in [-0.39, 0.29) is 5.91 Å². The lowest BCUT2D eigenvalue weighted by Gasteiger charge is -2.09. The standard InChI is InChI=1S/C17H16N8O/c1-11-6-12(2)25-16(23-11)14(8-21-25)17(26)20-7-13-4-3-5-19-15(13)24-10-18-9-22-24/h3-6,8-10H,7H2,1-2H3,(H,20,26). The van der Waals surface area contributed by atoms with E-state index in [4.69, 9.17) is 0 Å². The third kappa shape index (κ3) is 2.79. The van der Waals surface area contributed by atoms with Gasteiger partial charge < -0.3 is 5.32 Å². The van der Waals surface area contributed by atoms with Crippen LogP contribution in [0.2, 0.25) is 0 Å². The summed E-state index contributed by atoms with van der Waals surface area (Å²) in [6.07, 6.45) is 6.20. The number of nitrogens with one attached hydrogen (secondary N) is 1. The molecule has 0 aliphatic heterocycles. The average molecular weight is 348 g/mol. The number of amides is 1. The molecule has 4 aromatic heterocycles. The second-order valence-electron chi connectivity index (χ2n) is 5.84. The molecule has 0 spiro atoms. The molecule has 0 atom stereocenters. The molecule has 0 aliphatic rings. The lowest BCUT2D eigenvalue weighted by molar-refractivity contribution is 0.0952. The van der Waals surface area contributed by atoms with Crippen molar-refractivity contribution in [2.75, 3.05) is 0 Å². The van der Waals surface area contributed by atoms with Gasteiger partial charge in [0.15, 0.2) is 11.5 Å². The highest BCUT2D eigenvalue weighted by Gasteiger charge is 2.16. The van der Waals surface area contributed by atoms with Crippen LogP contribution < -0.4 is 5.32 Å². The first-order valence-electron chi connectivity index (χ1n) is 8.02. The minimum absolute atomic E-state index is 0.245. The summed E-state index contributed by atoms with van der Waals surface area (Å²) in [6.45, 7) is 4.11. The predicted octanol–water partition coefficient (Wildman–Crippen LogP) is 1.25. The largest absolute Gasteiger partial charge is 0.348 e. The Morgan fingerprint density at radius 1 is 1.27 bits per heavy atom. The Hall–Kier alpha value is -3.62. The van der Waals surface area contributed by atoms with Crippen LogP contribution in [0.4, 0.5) is 0 Å². The summed E-state index contributed by atoms with van der Waals surface area (Å²) in [7, 11) is 0. The highest BCUT2D eigenvalue weighted by molar-refractivity contribution is 5.99. The maximum Gasteiger partial charge on any atom is 0.257 e. The van der Waals surface area contributed by atoms with Gasteiger partial charge in [-0.3, -0.25) is 4.79 Å². The molecule has 0 fully saturated rings. The van der Waals surface area contributed by atoms with E-state index in [1.54, 1.807) is 21.7 Å². The fourth-order valence-electron chi connectivity index (χ4n) is 2.79. The zero-order chi connectivity index (χ0) is 18.1. The van der Waals surface area contributed by atoms with Crippen LogP contribution in [-0.2, 0) is 6.54 Å². The summed E-state index contributed by atoms with van der Waals surface area (Å²) in [5, 5.41) is 11.2. The van der Waals surface area contributed by atoms with E-state index in [2.05, 4.69) is 30.5 Å². The maximum absolute atomic E-state index is 12.7. The Morgan fingerprint density at radius 3 is 2.96 bits per heavy atom. The highest BCUT2D eigenvalue weighted by Crippen LogP contribution is 2.13. The van der Waals surface area contributed by atoms with E-state index in [0.29, 0.717) is 23.6 Å². The third-order valence-electron chi connectivity index (χ3n) is 3.97. The first-order valence-corrected chi connectivity index (χ1v) is 8.02. The molecule has 0 aromatic carbocycles. The number of carbonyl (C=O) groups excluding carboxylic acids is 1. The number of hydrogen-bond donors (Lipinski definition) is 1. The van der Waals surface area contributed by atoms with Gasteiger partial charge in [-0.2, -0.15) is 10.2 Å². The van der Waals surface area contributed by atoms with E-state index in [1.165, 1.54) is 12.5 Å². The lowest BCUT2D eigenvalue weighted by atomic mass is 10.2. The smallest absolute Gasteiger partial charge is 0.257 e. The van der Waals surface area contributed by atoms with Crippen molar-refractivity contribution >= 4 is 11.6 Å². The molecule has 9 nitrogen and oxygen atoms in total. The summed E-state index contributed by atoms with van der Waals surface area (Å²) < 4.78 is 3.22. The molecule has 4 rings (SSSR count). The fourth-order valence-corrected chi connectivity index (χ4v) is 2.79. The van der Waals surface area contributed by atoms with E-state index in [0.717, 1.165) is 17.0 Å². The molecule has 1 N–H and O–H groups in total. The van der Waals surface area contributed by atoms with Crippen molar-refractivity contribution in [3.63, 3.8) is 0 Å². The number of hydrogen-bond acceptors (Lipinski definition) is 6. The number of pyridine rings is 1. The zero-order valence-corrected chi connectivity index (χ0v) is 14.3. The van der Waals surface area contributed by atoms with Crippen molar-refractivity contribution in [1.82, 2.24) is 39.7 Å². The van der Waals surface area contributed by atoms with Crippen molar-refractivity contribution in [1.29, 1.82) is 0 Å². The number of carbonyl (C=O) groups is 1. The summed E-state index contributed by atoms with van der Waals surface area (Å²) >= 11 is 0. The van der Waals surface area contributed by atoms with Gasteiger partial charge in [0.2, 0.25) is 0 Å². The van der Waals surface area contributed by atoms with Crippen LogP contribution in [0, 0.1) is 13.8 Å². The van der Waals surface area contributed by atoms with Crippen LogP contribution in [0.15, 0.2) is 43.2 Å². The predicted molar refractivity (Wildman–Crippen MR) is 92.8 cm³/mol. The van der Waals surface area contributed by atoms with Crippen LogP contribution in [-0.4, -0.2) is 40.3 Å². The van der Waals surface area contributed by atoms with Crippen LogP contribution in [0.25, 0.3) is 11.5 Å². The average Bonchev–Trinajstić information content (AvgIpc) is 3.29. The molecule has 130 valence electrons. The minimum atomic E-state index is -0.245. The number of aromatic nitrogens is 7. The van der Waals surface area contributed by atoms with Crippen molar-refractivity contribution in [2.24, 2.45) is 0 Å². The first-order chi connectivity index (χ1) is 12.6. The minimum Gasteiger partial charge on any atom is -0.348 e. The van der Waals surface area contributed by atoms with E-state index in [1.807, 2.05) is 32.0 Å². The van der Waals surface area contributed by atoms with Gasteiger partial charge in [0.05, 0.1) is 6.20 Å². The van der Waals surface area contributed by atoms with Gasteiger partial charge >= 0.3 is 0 Å². The Balaban J connectivity index is 1.59. The molecule has 0 unspecified atom stereocenters. The maximum atomic E-state index is 12.7. The van der Waals surface area contributed by atoms with Gasteiger partial charge in [-0.15, -0.1) is 0 Å². The Morgan fingerprint density at radius 2 is 2.15 bits per heavy atom. The summed E-state index contributed by atoms with van der Waals surface area (Å²) in [5.41, 5.74) is 3.56. The van der Waals surface area contributed by atoms with Gasteiger partial charge in [0.25, 0.3) is 5.91 Å². The molecule has 9 heteroatoms. The normalized spacial score (nSPS) is 11.0. The second-order valence-corrected chi connectivity index (χ2v) is 5.84. The number of rotatable bonds is 4. The Labute approximate surface area is 148 Å². The first kappa shape index (κ1) is 15.9. The molecule has 26 heavy (non-hydrogen) atoms. The van der Waals surface area contributed by atoms with Crippen molar-refractivity contribution in [3.05, 3.63) is 65.8 Å². The van der Waals surface area contributed by atoms with E-state index < -0.39 is 0 Å². The molecule has 0 saturated carbocycles. The molecular formula is C17H16N8O. The summed E-state index contributed by atoms with van der Waals surface area (Å²) in [6, 6.07) is 5.61. The zero-order valence-electron chi connectivity index (χ0n) is 14.3. The number of fused-ring (bicyclic) bond motifs is 1. The third-order valence-corrected chi connectivity index (χ3v) is 3.97. The monoisotopic (exact) mass is 348 g/mol. The SMILES string of the molecule is Cc1cc(C)n2ncc(C(=O)NCc3cccnc3-n3cncn3)c2n1. The van der Waals surface area contributed by atoms with E-state index in [9.17, 15) is 4.79 Å². The lowest BCUT2D eigenvalue weighted by Crippen LogP contribution is -2.24. The number of nitrogens with zero attached hydrogens (tertiary/aromatic N) is 7. The molecule has 0 aliphatic carbocycles. The Bertz CT molecular complexity index is 1080. The molecule has 0 bridgehead atoms. The molecular weight excluding hydrogens is 332 g/mol. The van der Waals surface area contributed by atoms with Crippen LogP contribution >= 0.6 is 0 Å².